The zero-order valence-corrected chi connectivity index (χ0v) is 6.89. The minimum absolute atomic E-state index is 0.0729. The molecule has 2 unspecified atom stereocenters. The third-order valence-electron chi connectivity index (χ3n) is 1.24. The Hall–Kier alpha value is 0.700. The van der Waals surface area contributed by atoms with E-state index in [-0.39, 0.29) is 5.06 Å². The lowest BCUT2D eigenvalue weighted by Crippen LogP contribution is -2.11. The summed E-state index contributed by atoms with van der Waals surface area (Å²) in [6.07, 6.45) is 1.27. The van der Waals surface area contributed by atoms with Crippen molar-refractivity contribution in [3.05, 3.63) is 0 Å². The molecule has 1 heterocycles. The van der Waals surface area contributed by atoms with Crippen molar-refractivity contribution in [2.24, 2.45) is 0 Å². The molecule has 1 aliphatic heterocycles. The Morgan fingerprint density at radius 1 is 1.38 bits per heavy atom. The second-order valence-corrected chi connectivity index (χ2v) is 5.15. The lowest BCUT2D eigenvalue weighted by atomic mass is 10.3. The van der Waals surface area contributed by atoms with Gasteiger partial charge in [0.05, 0.1) is 0 Å². The molecule has 1 saturated heterocycles. The predicted molar refractivity (Wildman–Crippen MR) is 43.6 cm³/mol. The maximum absolute atomic E-state index is 7.46. The predicted octanol–water partition coefficient (Wildman–Crippen LogP) is 2.59. The fraction of sp³-hybridized carbons (Fsp3) is 1.00. The van der Waals surface area contributed by atoms with Gasteiger partial charge in [0.1, 0.15) is 0 Å². The Bertz CT molecular complexity index is 72.0. The molecular weight excluding hydrogens is 136 g/mol. The summed E-state index contributed by atoms with van der Waals surface area (Å²) in [5, 5.41) is 1.47. The largest absolute Gasteiger partial charge is 0.148 e. The fourth-order valence-corrected chi connectivity index (χ4v) is 3.50. The summed E-state index contributed by atoms with van der Waals surface area (Å²) in [4.78, 5) is 0. The molecule has 2 heteroatoms. The highest BCUT2D eigenvalue weighted by atomic mass is 32.2. The van der Waals surface area contributed by atoms with Gasteiger partial charge in [-0.3, -0.25) is 0 Å². The van der Waals surface area contributed by atoms with Crippen molar-refractivity contribution in [1.82, 2.24) is 0 Å². The van der Waals surface area contributed by atoms with E-state index < -0.39 is 0 Å². The highest BCUT2D eigenvalue weighted by Gasteiger charge is 2.14. The smallest absolute Gasteiger partial charge is 0.0496 e. The quantitative estimate of drug-likeness (QED) is 0.519. The zero-order chi connectivity index (χ0) is 6.85. The lowest BCUT2D eigenvalue weighted by Gasteiger charge is -2.22. The molecule has 0 aromatic carbocycles. The molecule has 0 aromatic heterocycles. The van der Waals surface area contributed by atoms with Crippen LogP contribution in [0.5, 0.6) is 0 Å². The van der Waals surface area contributed by atoms with Crippen LogP contribution in [0.15, 0.2) is 0 Å². The molecule has 48 valence electrons. The van der Waals surface area contributed by atoms with Crippen LogP contribution in [-0.2, 0) is 0 Å². The van der Waals surface area contributed by atoms with Crippen molar-refractivity contribution in [3.8, 4) is 0 Å². The van der Waals surface area contributed by atoms with Crippen LogP contribution in [0.2, 0.25) is 0 Å². The minimum Gasteiger partial charge on any atom is -0.148 e. The Morgan fingerprint density at radius 3 is 2.25 bits per heavy atom. The zero-order valence-electron chi connectivity index (χ0n) is 6.26. The van der Waals surface area contributed by atoms with Crippen molar-refractivity contribution in [1.29, 1.82) is 0 Å². The summed E-state index contributed by atoms with van der Waals surface area (Å²) >= 11 is 3.55. The third-order valence-corrected chi connectivity index (χ3v) is 3.44. The molecule has 0 bridgehead atoms. The van der Waals surface area contributed by atoms with E-state index in [1.165, 1.54) is 6.42 Å². The summed E-state index contributed by atoms with van der Waals surface area (Å²) in [7, 11) is 0. The molecule has 0 N–H and O–H groups in total. The highest BCUT2D eigenvalue weighted by molar-refractivity contribution is 8.17. The Balaban J connectivity index is 2.34. The van der Waals surface area contributed by atoms with Crippen LogP contribution in [0.1, 0.15) is 21.6 Å². The van der Waals surface area contributed by atoms with Crippen LogP contribution < -0.4 is 0 Å². The topological polar surface area (TPSA) is 0 Å². The molecule has 0 aromatic rings. The van der Waals surface area contributed by atoms with Gasteiger partial charge in [0.25, 0.3) is 0 Å². The molecule has 0 nitrogen and oxygen atoms in total. The van der Waals surface area contributed by atoms with Gasteiger partial charge in [-0.05, 0) is 6.42 Å². The second kappa shape index (κ2) is 3.02. The lowest BCUT2D eigenvalue weighted by molar-refractivity contribution is 0.799. The molecule has 0 spiro atoms. The van der Waals surface area contributed by atoms with E-state index in [1.807, 2.05) is 0 Å². The van der Waals surface area contributed by atoms with E-state index in [0.717, 1.165) is 0 Å². The molecule has 0 radical (unpaired) electrons. The normalized spacial score (nSPS) is 50.8. The van der Waals surface area contributed by atoms with E-state index in [0.29, 0.717) is 10.5 Å². The van der Waals surface area contributed by atoms with Crippen LogP contribution in [0.3, 0.4) is 0 Å². The molecule has 8 heavy (non-hydrogen) atoms. The summed E-state index contributed by atoms with van der Waals surface area (Å²) < 4.78 is 7.46. The van der Waals surface area contributed by atoms with Crippen molar-refractivity contribution in [2.45, 2.75) is 30.8 Å². The molecule has 1 fully saturated rings. The SMILES string of the molecule is [2H]C1SC(C)CC(C)S1. The van der Waals surface area contributed by atoms with E-state index >= 15 is 0 Å². The highest BCUT2D eigenvalue weighted by Crippen LogP contribution is 2.32. The average molecular weight is 149 g/mol. The van der Waals surface area contributed by atoms with Crippen molar-refractivity contribution in [3.63, 3.8) is 0 Å². The molecular formula is C6H12S2. The van der Waals surface area contributed by atoms with Gasteiger partial charge in [0, 0.05) is 16.9 Å². The van der Waals surface area contributed by atoms with Gasteiger partial charge in [-0.1, -0.05) is 13.8 Å². The van der Waals surface area contributed by atoms with Crippen LogP contribution in [0, 0.1) is 0 Å². The van der Waals surface area contributed by atoms with Gasteiger partial charge in [-0.2, -0.15) is 0 Å². The van der Waals surface area contributed by atoms with Gasteiger partial charge in [-0.25, -0.2) is 0 Å². The first-order chi connectivity index (χ1) is 4.18. The van der Waals surface area contributed by atoms with Crippen LogP contribution in [-0.4, -0.2) is 15.6 Å². The van der Waals surface area contributed by atoms with Crippen molar-refractivity contribution in [2.75, 3.05) is 5.06 Å². The second-order valence-electron chi connectivity index (χ2n) is 2.23. The van der Waals surface area contributed by atoms with Crippen LogP contribution in [0.25, 0.3) is 0 Å². The first-order valence-electron chi connectivity index (χ1n) is 3.49. The summed E-state index contributed by atoms with van der Waals surface area (Å²) in [5.41, 5.74) is 0. The third kappa shape index (κ3) is 1.90. The van der Waals surface area contributed by atoms with Gasteiger partial charge < -0.3 is 0 Å². The number of thioether (sulfide) groups is 2. The molecule has 0 aliphatic carbocycles. The Labute approximate surface area is 61.2 Å². The van der Waals surface area contributed by atoms with Crippen molar-refractivity contribution < 1.29 is 1.37 Å². The van der Waals surface area contributed by atoms with E-state index in [1.54, 1.807) is 23.5 Å². The van der Waals surface area contributed by atoms with Crippen molar-refractivity contribution >= 4 is 23.5 Å². The first kappa shape index (κ1) is 5.48. The van der Waals surface area contributed by atoms with Crippen LogP contribution >= 0.6 is 23.5 Å². The number of hydrogen-bond donors (Lipinski definition) is 0. The van der Waals surface area contributed by atoms with Gasteiger partial charge >= 0.3 is 0 Å². The first-order valence-corrected chi connectivity index (χ1v) is 4.80. The van der Waals surface area contributed by atoms with Crippen LogP contribution in [0.4, 0.5) is 0 Å². The van der Waals surface area contributed by atoms with Gasteiger partial charge in [0.2, 0.25) is 0 Å². The standard InChI is InChI=1S/C6H12S2/c1-5-3-6(2)8-4-7-5/h5-6H,3-4H2,1-2H3/i4D. The maximum Gasteiger partial charge on any atom is 0.0496 e. The summed E-state index contributed by atoms with van der Waals surface area (Å²) in [6.45, 7) is 4.42. The molecule has 0 amide bonds. The minimum atomic E-state index is 0.0729. The molecule has 1 rings (SSSR count). The number of rotatable bonds is 0. The maximum atomic E-state index is 7.46. The molecule has 0 saturated carbocycles. The number of hydrogen-bond acceptors (Lipinski definition) is 2. The molecule has 2 atom stereocenters. The molecule has 1 aliphatic rings. The Morgan fingerprint density at radius 2 is 1.88 bits per heavy atom. The Kier molecular flexibility index (Phi) is 2.07. The summed E-state index contributed by atoms with van der Waals surface area (Å²) in [6, 6.07) is 0. The van der Waals surface area contributed by atoms with Gasteiger partial charge in [0.15, 0.2) is 0 Å². The van der Waals surface area contributed by atoms with E-state index in [2.05, 4.69) is 13.8 Å². The van der Waals surface area contributed by atoms with E-state index in [4.69, 9.17) is 1.37 Å². The average Bonchev–Trinajstić information content (AvgIpc) is 1.59. The monoisotopic (exact) mass is 149 g/mol. The summed E-state index contributed by atoms with van der Waals surface area (Å²) in [5.74, 6) is 0. The van der Waals surface area contributed by atoms with Gasteiger partial charge in [-0.15, -0.1) is 23.5 Å². The van der Waals surface area contributed by atoms with E-state index in [9.17, 15) is 0 Å². The fourth-order valence-electron chi connectivity index (χ4n) is 0.800.